The summed E-state index contributed by atoms with van der Waals surface area (Å²) >= 11 is 0. The maximum Gasteiger partial charge on any atom is 0.330 e. The largest absolute Gasteiger partial charge is 0.383 e. The van der Waals surface area contributed by atoms with Crippen LogP contribution in [0.5, 0.6) is 0 Å². The van der Waals surface area contributed by atoms with Crippen molar-refractivity contribution in [3.05, 3.63) is 33.1 Å². The van der Waals surface area contributed by atoms with Crippen molar-refractivity contribution in [1.82, 2.24) is 19.3 Å². The van der Waals surface area contributed by atoms with E-state index in [-0.39, 0.29) is 17.4 Å². The Balaban J connectivity index is 2.47. The van der Waals surface area contributed by atoms with Crippen LogP contribution in [-0.2, 0) is 13.6 Å². The molecule has 0 bridgehead atoms. The molecule has 0 unspecified atom stereocenters. The smallest absolute Gasteiger partial charge is 0.330 e. The van der Waals surface area contributed by atoms with Crippen molar-refractivity contribution < 1.29 is 0 Å². The average Bonchev–Trinajstić information content (AvgIpc) is 2.75. The van der Waals surface area contributed by atoms with E-state index in [9.17, 15) is 9.59 Å². The van der Waals surface area contributed by atoms with Crippen molar-refractivity contribution in [3.8, 4) is 0 Å². The summed E-state index contributed by atoms with van der Waals surface area (Å²) < 4.78 is 2.94. The molecule has 108 valence electrons. The van der Waals surface area contributed by atoms with E-state index in [0.29, 0.717) is 12.4 Å². The highest BCUT2D eigenvalue weighted by molar-refractivity contribution is 5.66. The number of H-pyrrole nitrogens is 1. The third kappa shape index (κ3) is 2.73. The molecule has 0 atom stereocenters. The highest BCUT2D eigenvalue weighted by atomic mass is 16.2. The molecular formula is C12H18N6O2. The topological polar surface area (TPSA) is 111 Å². The van der Waals surface area contributed by atoms with Gasteiger partial charge < -0.3 is 11.1 Å². The summed E-state index contributed by atoms with van der Waals surface area (Å²) in [6.07, 6.45) is 1.73. The second-order valence-electron chi connectivity index (χ2n) is 5.02. The first-order valence-corrected chi connectivity index (χ1v) is 6.27. The Bertz CT molecular complexity index is 724. The number of nitrogens with one attached hydrogen (secondary N) is 2. The molecule has 20 heavy (non-hydrogen) atoms. The molecule has 0 amide bonds. The van der Waals surface area contributed by atoms with Gasteiger partial charge in [-0.15, -0.1) is 0 Å². The minimum Gasteiger partial charge on any atom is -0.383 e. The van der Waals surface area contributed by atoms with Crippen LogP contribution in [0.2, 0.25) is 0 Å². The zero-order valence-electron chi connectivity index (χ0n) is 11.7. The zero-order chi connectivity index (χ0) is 14.9. The van der Waals surface area contributed by atoms with Gasteiger partial charge in [0.25, 0.3) is 5.56 Å². The number of aromatic nitrogens is 4. The van der Waals surface area contributed by atoms with Crippen LogP contribution in [0.25, 0.3) is 0 Å². The van der Waals surface area contributed by atoms with E-state index in [1.165, 1.54) is 4.57 Å². The maximum absolute atomic E-state index is 11.9. The number of nitrogen functional groups attached to an aromatic ring is 1. The van der Waals surface area contributed by atoms with Crippen LogP contribution in [0.15, 0.2) is 21.9 Å². The van der Waals surface area contributed by atoms with Gasteiger partial charge in [0.1, 0.15) is 11.5 Å². The fourth-order valence-electron chi connectivity index (χ4n) is 1.86. The van der Waals surface area contributed by atoms with E-state index < -0.39 is 11.2 Å². The minimum atomic E-state index is -0.557. The summed E-state index contributed by atoms with van der Waals surface area (Å²) in [5.74, 6) is 0.821. The number of aromatic amines is 1. The zero-order valence-corrected chi connectivity index (χ0v) is 11.7. The first-order valence-electron chi connectivity index (χ1n) is 6.27. The molecule has 0 aliphatic rings. The summed E-state index contributed by atoms with van der Waals surface area (Å²) in [4.78, 5) is 25.9. The molecule has 2 rings (SSSR count). The monoisotopic (exact) mass is 278 g/mol. The summed E-state index contributed by atoms with van der Waals surface area (Å²) in [7, 11) is 1.76. The van der Waals surface area contributed by atoms with E-state index in [1.54, 1.807) is 24.0 Å². The average molecular weight is 278 g/mol. The molecule has 2 aromatic rings. The van der Waals surface area contributed by atoms with Gasteiger partial charge in [-0.1, -0.05) is 13.8 Å². The van der Waals surface area contributed by atoms with Crippen LogP contribution in [0.3, 0.4) is 0 Å². The second-order valence-corrected chi connectivity index (χ2v) is 5.02. The molecule has 0 aliphatic heterocycles. The standard InChI is InChI=1S/C12H18N6O2/c1-7(2)6-18-10(13)9(11(19)15-12(18)20)14-8-4-5-17(3)16-8/h4-5,7H,6,13H2,1-3H3,(H,14,16)(H,15,19,20). The number of nitrogens with zero attached hydrogens (tertiary/aromatic N) is 3. The van der Waals surface area contributed by atoms with Crippen molar-refractivity contribution in [2.45, 2.75) is 20.4 Å². The Morgan fingerprint density at radius 3 is 2.70 bits per heavy atom. The SMILES string of the molecule is CC(C)Cn1c(N)c(Nc2ccn(C)n2)c(=O)[nH]c1=O. The van der Waals surface area contributed by atoms with Crippen LogP contribution in [0.4, 0.5) is 17.3 Å². The van der Waals surface area contributed by atoms with Gasteiger partial charge in [0.2, 0.25) is 0 Å². The van der Waals surface area contributed by atoms with Crippen LogP contribution >= 0.6 is 0 Å². The summed E-state index contributed by atoms with van der Waals surface area (Å²) in [6.45, 7) is 4.35. The number of anilines is 3. The molecule has 0 aromatic carbocycles. The Labute approximate surface area is 115 Å². The minimum absolute atomic E-state index is 0.109. The van der Waals surface area contributed by atoms with Gasteiger partial charge >= 0.3 is 5.69 Å². The van der Waals surface area contributed by atoms with E-state index >= 15 is 0 Å². The first kappa shape index (κ1) is 13.9. The molecule has 0 fully saturated rings. The fourth-order valence-corrected chi connectivity index (χ4v) is 1.86. The Hall–Kier alpha value is -2.51. The number of nitrogens with two attached hydrogens (primary N) is 1. The summed E-state index contributed by atoms with van der Waals surface area (Å²) in [5, 5.41) is 6.95. The number of rotatable bonds is 4. The molecule has 2 heterocycles. The second kappa shape index (κ2) is 5.24. The van der Waals surface area contributed by atoms with Crippen molar-refractivity contribution in [2.24, 2.45) is 13.0 Å². The highest BCUT2D eigenvalue weighted by Crippen LogP contribution is 2.16. The predicted octanol–water partition coefficient (Wildman–Crippen LogP) is 0.252. The quantitative estimate of drug-likeness (QED) is 0.742. The predicted molar refractivity (Wildman–Crippen MR) is 77.1 cm³/mol. The van der Waals surface area contributed by atoms with Crippen LogP contribution in [0, 0.1) is 5.92 Å². The van der Waals surface area contributed by atoms with Gasteiger partial charge in [0.15, 0.2) is 5.82 Å². The van der Waals surface area contributed by atoms with Gasteiger partial charge in [-0.2, -0.15) is 5.10 Å². The van der Waals surface area contributed by atoms with Gasteiger partial charge in [0.05, 0.1) is 0 Å². The molecule has 0 radical (unpaired) electrons. The molecule has 2 aromatic heterocycles. The number of aryl methyl sites for hydroxylation is 1. The normalized spacial score (nSPS) is 11.0. The molecule has 8 heteroatoms. The van der Waals surface area contributed by atoms with Crippen LogP contribution in [-0.4, -0.2) is 19.3 Å². The summed E-state index contributed by atoms with van der Waals surface area (Å²) in [5.41, 5.74) is 5.00. The van der Waals surface area contributed by atoms with E-state index in [0.717, 1.165) is 0 Å². The molecule has 8 nitrogen and oxygen atoms in total. The Morgan fingerprint density at radius 2 is 2.15 bits per heavy atom. The number of hydrogen-bond acceptors (Lipinski definition) is 5. The highest BCUT2D eigenvalue weighted by Gasteiger charge is 2.14. The summed E-state index contributed by atoms with van der Waals surface area (Å²) in [6, 6.07) is 1.71. The molecular weight excluding hydrogens is 260 g/mol. The molecule has 0 spiro atoms. The van der Waals surface area contributed by atoms with Gasteiger partial charge in [-0.25, -0.2) is 4.79 Å². The fraction of sp³-hybridized carbons (Fsp3) is 0.417. The molecule has 0 saturated heterocycles. The lowest BCUT2D eigenvalue weighted by Crippen LogP contribution is -2.34. The third-order valence-electron chi connectivity index (χ3n) is 2.75. The van der Waals surface area contributed by atoms with Gasteiger partial charge in [-0.3, -0.25) is 19.0 Å². The van der Waals surface area contributed by atoms with Crippen molar-refractivity contribution in [3.63, 3.8) is 0 Å². The van der Waals surface area contributed by atoms with Crippen LogP contribution < -0.4 is 22.3 Å². The van der Waals surface area contributed by atoms with E-state index in [4.69, 9.17) is 5.73 Å². The van der Waals surface area contributed by atoms with Gasteiger partial charge in [-0.05, 0) is 5.92 Å². The lowest BCUT2D eigenvalue weighted by atomic mass is 10.2. The van der Waals surface area contributed by atoms with Crippen molar-refractivity contribution >= 4 is 17.3 Å². The van der Waals surface area contributed by atoms with Crippen LogP contribution in [0.1, 0.15) is 13.8 Å². The lowest BCUT2D eigenvalue weighted by molar-refractivity contribution is 0.508. The lowest BCUT2D eigenvalue weighted by Gasteiger charge is -2.14. The van der Waals surface area contributed by atoms with E-state index in [1.807, 2.05) is 13.8 Å². The molecule has 0 aliphatic carbocycles. The third-order valence-corrected chi connectivity index (χ3v) is 2.75. The maximum atomic E-state index is 11.9. The Kier molecular flexibility index (Phi) is 3.64. The first-order chi connectivity index (χ1) is 9.38. The van der Waals surface area contributed by atoms with Crippen molar-refractivity contribution in [1.29, 1.82) is 0 Å². The Morgan fingerprint density at radius 1 is 1.45 bits per heavy atom. The molecule has 0 saturated carbocycles. The van der Waals surface area contributed by atoms with Crippen molar-refractivity contribution in [2.75, 3.05) is 11.1 Å². The van der Waals surface area contributed by atoms with Gasteiger partial charge in [0, 0.05) is 25.9 Å². The van der Waals surface area contributed by atoms with E-state index in [2.05, 4.69) is 15.4 Å². The number of hydrogen-bond donors (Lipinski definition) is 3. The molecule has 4 N–H and O–H groups in total.